The van der Waals surface area contributed by atoms with Gasteiger partial charge in [0.25, 0.3) is 0 Å². The molecule has 1 aromatic heterocycles. The molecule has 172 valence electrons. The first-order chi connectivity index (χ1) is 16.1. The zero-order valence-electron chi connectivity index (χ0n) is 19.8. The number of hydrogen-bond donors (Lipinski definition) is 0. The molecule has 3 heterocycles. The standard InChI is InChI=1S/C28H34N4O/c1-21-8-10-26(11-9-21)32-20-25(27(29-32)24-7-5-6-22(2)18-24)19-30-16-12-23(13-17-30)28(33)31-14-3-4-15-31/h5-11,18,20,23H,3-4,12-17,19H2,1-2H3. The van der Waals surface area contributed by atoms with Gasteiger partial charge in [-0.2, -0.15) is 5.10 Å². The highest BCUT2D eigenvalue weighted by atomic mass is 16.2. The van der Waals surface area contributed by atoms with E-state index in [2.05, 4.69) is 78.4 Å². The SMILES string of the molecule is Cc1ccc(-n2cc(CN3CCC(C(=O)N4CCCC4)CC3)c(-c3cccc(C)c3)n2)cc1. The Morgan fingerprint density at radius 1 is 0.939 bits per heavy atom. The van der Waals surface area contributed by atoms with Crippen molar-refractivity contribution in [2.45, 2.75) is 46.1 Å². The summed E-state index contributed by atoms with van der Waals surface area (Å²) in [6, 6.07) is 17.1. The molecule has 1 amide bonds. The Balaban J connectivity index is 1.34. The third kappa shape index (κ3) is 4.88. The first-order valence-corrected chi connectivity index (χ1v) is 12.3. The number of likely N-dealkylation sites (tertiary alicyclic amines) is 2. The number of benzene rings is 2. The maximum absolute atomic E-state index is 12.8. The van der Waals surface area contributed by atoms with Crippen molar-refractivity contribution in [3.63, 3.8) is 0 Å². The van der Waals surface area contributed by atoms with Crippen LogP contribution < -0.4 is 0 Å². The van der Waals surface area contributed by atoms with Gasteiger partial charge in [0.15, 0.2) is 0 Å². The zero-order valence-corrected chi connectivity index (χ0v) is 19.8. The number of rotatable bonds is 5. The molecule has 0 unspecified atom stereocenters. The van der Waals surface area contributed by atoms with Crippen molar-refractivity contribution >= 4 is 5.91 Å². The molecule has 2 fully saturated rings. The van der Waals surface area contributed by atoms with Gasteiger partial charge in [-0.05, 0) is 70.8 Å². The van der Waals surface area contributed by atoms with Crippen LogP contribution in [0.25, 0.3) is 16.9 Å². The summed E-state index contributed by atoms with van der Waals surface area (Å²) in [5, 5.41) is 5.01. The number of nitrogens with zero attached hydrogens (tertiary/aromatic N) is 4. The number of carbonyl (C=O) groups excluding carboxylic acids is 1. The highest BCUT2D eigenvalue weighted by Crippen LogP contribution is 2.28. The number of amides is 1. The molecule has 0 bridgehead atoms. The van der Waals surface area contributed by atoms with Crippen LogP contribution in [0.15, 0.2) is 54.7 Å². The Bertz CT molecular complexity index is 1100. The van der Waals surface area contributed by atoms with Crippen molar-refractivity contribution in [3.8, 4) is 16.9 Å². The van der Waals surface area contributed by atoms with Crippen molar-refractivity contribution in [2.24, 2.45) is 5.92 Å². The van der Waals surface area contributed by atoms with E-state index in [4.69, 9.17) is 5.10 Å². The van der Waals surface area contributed by atoms with Gasteiger partial charge in [-0.25, -0.2) is 4.68 Å². The number of hydrogen-bond acceptors (Lipinski definition) is 3. The third-order valence-corrected chi connectivity index (χ3v) is 7.13. The third-order valence-electron chi connectivity index (χ3n) is 7.13. The van der Waals surface area contributed by atoms with Crippen molar-refractivity contribution in [2.75, 3.05) is 26.2 Å². The molecule has 2 saturated heterocycles. The summed E-state index contributed by atoms with van der Waals surface area (Å²) in [6.45, 7) is 8.94. The van der Waals surface area contributed by atoms with Crippen molar-refractivity contribution < 1.29 is 4.79 Å². The highest BCUT2D eigenvalue weighted by Gasteiger charge is 2.30. The molecule has 0 atom stereocenters. The molecule has 0 aliphatic carbocycles. The first-order valence-electron chi connectivity index (χ1n) is 12.3. The summed E-state index contributed by atoms with van der Waals surface area (Å²) >= 11 is 0. The van der Waals surface area contributed by atoms with E-state index in [-0.39, 0.29) is 5.92 Å². The second kappa shape index (κ2) is 9.52. The van der Waals surface area contributed by atoms with Gasteiger partial charge in [0.05, 0.1) is 11.4 Å². The minimum absolute atomic E-state index is 0.200. The fourth-order valence-electron chi connectivity index (χ4n) is 5.17. The Hall–Kier alpha value is -2.92. The maximum atomic E-state index is 12.8. The van der Waals surface area contributed by atoms with Gasteiger partial charge in [-0.3, -0.25) is 9.69 Å². The maximum Gasteiger partial charge on any atom is 0.225 e. The topological polar surface area (TPSA) is 41.4 Å². The van der Waals surface area contributed by atoms with Crippen LogP contribution in [0.1, 0.15) is 42.4 Å². The van der Waals surface area contributed by atoms with E-state index in [1.165, 1.54) is 16.7 Å². The molecule has 2 aliphatic heterocycles. The fraction of sp³-hybridized carbons (Fsp3) is 0.429. The van der Waals surface area contributed by atoms with Crippen LogP contribution in [0.2, 0.25) is 0 Å². The molecule has 0 N–H and O–H groups in total. The van der Waals surface area contributed by atoms with E-state index in [9.17, 15) is 4.79 Å². The van der Waals surface area contributed by atoms with Gasteiger partial charge in [0, 0.05) is 42.9 Å². The number of aromatic nitrogens is 2. The van der Waals surface area contributed by atoms with Gasteiger partial charge in [-0.1, -0.05) is 41.5 Å². The summed E-state index contributed by atoms with van der Waals surface area (Å²) in [5.74, 6) is 0.589. The van der Waals surface area contributed by atoms with Crippen LogP contribution in [-0.2, 0) is 11.3 Å². The van der Waals surface area contributed by atoms with E-state index in [0.717, 1.165) is 75.4 Å². The van der Waals surface area contributed by atoms with E-state index in [1.54, 1.807) is 0 Å². The van der Waals surface area contributed by atoms with E-state index < -0.39 is 0 Å². The lowest BCUT2D eigenvalue weighted by molar-refractivity contribution is -0.136. The average Bonchev–Trinajstić information content (AvgIpc) is 3.50. The Labute approximate surface area is 197 Å². The monoisotopic (exact) mass is 442 g/mol. The Kier molecular flexibility index (Phi) is 6.32. The lowest BCUT2D eigenvalue weighted by Gasteiger charge is -2.33. The molecule has 0 radical (unpaired) electrons. The van der Waals surface area contributed by atoms with E-state index in [1.807, 2.05) is 4.68 Å². The molecule has 0 spiro atoms. The molecular formula is C28H34N4O. The van der Waals surface area contributed by atoms with Crippen LogP contribution in [0.4, 0.5) is 0 Å². The van der Waals surface area contributed by atoms with Crippen LogP contribution >= 0.6 is 0 Å². The summed E-state index contributed by atoms with van der Waals surface area (Å²) in [7, 11) is 0. The molecule has 3 aromatic rings. The summed E-state index contributed by atoms with van der Waals surface area (Å²) < 4.78 is 2.01. The van der Waals surface area contributed by atoms with Crippen molar-refractivity contribution in [1.29, 1.82) is 0 Å². The predicted octanol–water partition coefficient (Wildman–Crippen LogP) is 4.99. The zero-order chi connectivity index (χ0) is 22.8. The first kappa shape index (κ1) is 21.9. The lowest BCUT2D eigenvalue weighted by Crippen LogP contribution is -2.41. The second-order valence-electron chi connectivity index (χ2n) is 9.74. The number of carbonyl (C=O) groups is 1. The van der Waals surface area contributed by atoms with Crippen molar-refractivity contribution in [3.05, 3.63) is 71.4 Å². The molecule has 0 saturated carbocycles. The highest BCUT2D eigenvalue weighted by molar-refractivity contribution is 5.79. The molecule has 5 heteroatoms. The van der Waals surface area contributed by atoms with Gasteiger partial charge in [0.2, 0.25) is 5.91 Å². The summed E-state index contributed by atoms with van der Waals surface area (Å²) in [6.07, 6.45) is 6.43. The largest absolute Gasteiger partial charge is 0.342 e. The van der Waals surface area contributed by atoms with Crippen LogP contribution in [-0.4, -0.2) is 51.7 Å². The normalized spacial score (nSPS) is 17.6. The predicted molar refractivity (Wildman–Crippen MR) is 132 cm³/mol. The van der Waals surface area contributed by atoms with Gasteiger partial charge >= 0.3 is 0 Å². The van der Waals surface area contributed by atoms with Gasteiger partial charge in [0.1, 0.15) is 0 Å². The minimum atomic E-state index is 0.200. The summed E-state index contributed by atoms with van der Waals surface area (Å²) in [4.78, 5) is 17.4. The minimum Gasteiger partial charge on any atom is -0.342 e. The molecule has 5 nitrogen and oxygen atoms in total. The summed E-state index contributed by atoms with van der Waals surface area (Å²) in [5.41, 5.74) is 7.02. The van der Waals surface area contributed by atoms with Crippen LogP contribution in [0, 0.1) is 19.8 Å². The number of piperidine rings is 1. The number of aryl methyl sites for hydroxylation is 2. The van der Waals surface area contributed by atoms with Gasteiger partial charge < -0.3 is 4.90 Å². The molecule has 2 aliphatic rings. The average molecular weight is 443 g/mol. The quantitative estimate of drug-likeness (QED) is 0.559. The molecule has 2 aromatic carbocycles. The molecule has 5 rings (SSSR count). The fourth-order valence-corrected chi connectivity index (χ4v) is 5.17. The van der Waals surface area contributed by atoms with Crippen LogP contribution in [0.5, 0.6) is 0 Å². The molecule has 33 heavy (non-hydrogen) atoms. The van der Waals surface area contributed by atoms with Gasteiger partial charge in [-0.15, -0.1) is 0 Å². The second-order valence-corrected chi connectivity index (χ2v) is 9.74. The van der Waals surface area contributed by atoms with Crippen LogP contribution in [0.3, 0.4) is 0 Å². The van der Waals surface area contributed by atoms with E-state index >= 15 is 0 Å². The lowest BCUT2D eigenvalue weighted by atomic mass is 9.95. The Morgan fingerprint density at radius 3 is 2.36 bits per heavy atom. The smallest absolute Gasteiger partial charge is 0.225 e. The van der Waals surface area contributed by atoms with Crippen molar-refractivity contribution in [1.82, 2.24) is 19.6 Å². The molecular weight excluding hydrogens is 408 g/mol. The Morgan fingerprint density at radius 2 is 1.67 bits per heavy atom. The van der Waals surface area contributed by atoms with E-state index in [0.29, 0.717) is 5.91 Å².